The molecule has 1 aliphatic heterocycles. The Kier molecular flexibility index (Phi) is 3.59. The van der Waals surface area contributed by atoms with E-state index in [9.17, 15) is 13.5 Å². The van der Waals surface area contributed by atoms with Crippen LogP contribution in [0.4, 0.5) is 5.69 Å². The van der Waals surface area contributed by atoms with Crippen molar-refractivity contribution < 1.29 is 13.5 Å². The molecule has 0 amide bonds. The third-order valence-electron chi connectivity index (χ3n) is 3.31. The van der Waals surface area contributed by atoms with Gasteiger partial charge < -0.3 is 10.1 Å². The Morgan fingerprint density at radius 1 is 1.33 bits per heavy atom. The van der Waals surface area contributed by atoms with Crippen molar-refractivity contribution in [1.82, 2.24) is 4.98 Å². The summed E-state index contributed by atoms with van der Waals surface area (Å²) in [7, 11) is -3.02. The maximum Gasteiger partial charge on any atom is 0.218 e. The summed E-state index contributed by atoms with van der Waals surface area (Å²) in [6.07, 6.45) is 0.441. The summed E-state index contributed by atoms with van der Waals surface area (Å²) >= 11 is 12.0. The quantitative estimate of drug-likeness (QED) is 0.814. The Morgan fingerprint density at radius 2 is 2.10 bits per heavy atom. The number of rotatable bonds is 2. The van der Waals surface area contributed by atoms with Gasteiger partial charge in [0, 0.05) is 10.4 Å². The van der Waals surface area contributed by atoms with Crippen molar-refractivity contribution in [3.8, 4) is 5.88 Å². The Bertz CT molecular complexity index is 845. The number of azo groups is 1. The number of fused-ring (bicyclic) bond motifs is 1. The molecule has 2 aromatic rings. The molecule has 9 heteroatoms. The van der Waals surface area contributed by atoms with Gasteiger partial charge in [0.25, 0.3) is 0 Å². The van der Waals surface area contributed by atoms with E-state index in [0.717, 1.165) is 0 Å². The topological polar surface area (TPSA) is 94.9 Å². The van der Waals surface area contributed by atoms with Gasteiger partial charge in [0.15, 0.2) is 15.5 Å². The number of nitrogens with zero attached hydrogens (tertiary/aromatic N) is 2. The first kappa shape index (κ1) is 14.6. The molecular formula is C12H11Cl2N3O3S. The second-order valence-corrected chi connectivity index (χ2v) is 7.98. The van der Waals surface area contributed by atoms with Crippen molar-refractivity contribution in [1.29, 1.82) is 0 Å². The maximum absolute atomic E-state index is 11.4. The molecule has 1 aromatic carbocycles. The monoisotopic (exact) mass is 347 g/mol. The van der Waals surface area contributed by atoms with Crippen LogP contribution in [0.5, 0.6) is 5.88 Å². The highest BCUT2D eigenvalue weighted by atomic mass is 35.5. The average molecular weight is 348 g/mol. The minimum atomic E-state index is -3.02. The van der Waals surface area contributed by atoms with Crippen LogP contribution in [0.15, 0.2) is 22.4 Å². The van der Waals surface area contributed by atoms with Crippen LogP contribution in [0.25, 0.3) is 10.9 Å². The van der Waals surface area contributed by atoms with Gasteiger partial charge in [-0.15, -0.1) is 5.11 Å². The molecule has 2 heterocycles. The molecular weight excluding hydrogens is 337 g/mol. The zero-order valence-electron chi connectivity index (χ0n) is 10.7. The second-order valence-electron chi connectivity index (χ2n) is 4.90. The van der Waals surface area contributed by atoms with Crippen LogP contribution < -0.4 is 0 Å². The number of aromatic hydroxyl groups is 1. The van der Waals surface area contributed by atoms with E-state index < -0.39 is 9.84 Å². The van der Waals surface area contributed by atoms with E-state index in [2.05, 4.69) is 15.2 Å². The Labute approximate surface area is 130 Å². The van der Waals surface area contributed by atoms with Crippen molar-refractivity contribution in [2.24, 2.45) is 10.2 Å². The van der Waals surface area contributed by atoms with Crippen molar-refractivity contribution in [2.75, 3.05) is 11.5 Å². The van der Waals surface area contributed by atoms with Gasteiger partial charge in [-0.25, -0.2) is 8.42 Å². The Hall–Kier alpha value is -1.31. The number of sulfone groups is 1. The van der Waals surface area contributed by atoms with E-state index >= 15 is 0 Å². The lowest BCUT2D eigenvalue weighted by Gasteiger charge is -1.98. The second kappa shape index (κ2) is 5.15. The molecule has 0 saturated carbocycles. The molecule has 1 saturated heterocycles. The predicted octanol–water partition coefficient (Wildman–Crippen LogP) is 3.45. The van der Waals surface area contributed by atoms with Gasteiger partial charge in [-0.3, -0.25) is 0 Å². The first-order chi connectivity index (χ1) is 9.85. The predicted molar refractivity (Wildman–Crippen MR) is 81.6 cm³/mol. The summed E-state index contributed by atoms with van der Waals surface area (Å²) in [5, 5.41) is 19.2. The summed E-state index contributed by atoms with van der Waals surface area (Å²) in [5.41, 5.74) is 0.713. The number of halogens is 2. The van der Waals surface area contributed by atoms with Crippen LogP contribution in [-0.4, -0.2) is 36.1 Å². The Balaban J connectivity index is 1.99. The smallest absolute Gasteiger partial charge is 0.218 e. The van der Waals surface area contributed by atoms with Crippen LogP contribution >= 0.6 is 23.2 Å². The summed E-state index contributed by atoms with van der Waals surface area (Å²) in [4.78, 5) is 2.71. The highest BCUT2D eigenvalue weighted by molar-refractivity contribution is 7.91. The summed E-state index contributed by atoms with van der Waals surface area (Å²) in [6, 6.07) is 2.78. The molecule has 0 aliphatic carbocycles. The van der Waals surface area contributed by atoms with E-state index in [0.29, 0.717) is 27.4 Å². The van der Waals surface area contributed by atoms with Gasteiger partial charge in [-0.05, 0) is 18.6 Å². The molecule has 0 bridgehead atoms. The molecule has 0 unspecified atom stereocenters. The molecule has 1 fully saturated rings. The van der Waals surface area contributed by atoms with Gasteiger partial charge in [-0.1, -0.05) is 23.2 Å². The number of aromatic amines is 1. The Morgan fingerprint density at radius 3 is 2.76 bits per heavy atom. The van der Waals surface area contributed by atoms with E-state index in [-0.39, 0.29) is 29.1 Å². The lowest BCUT2D eigenvalue weighted by molar-refractivity contribution is 0.459. The van der Waals surface area contributed by atoms with Crippen LogP contribution in [0.3, 0.4) is 0 Å². The average Bonchev–Trinajstić information content (AvgIpc) is 2.87. The zero-order valence-corrected chi connectivity index (χ0v) is 13.0. The van der Waals surface area contributed by atoms with E-state index in [1.807, 2.05) is 0 Å². The molecule has 1 atom stereocenters. The molecule has 0 spiro atoms. The van der Waals surface area contributed by atoms with Crippen molar-refractivity contribution in [3.63, 3.8) is 0 Å². The van der Waals surface area contributed by atoms with Crippen molar-refractivity contribution in [2.45, 2.75) is 12.5 Å². The van der Waals surface area contributed by atoms with Crippen LogP contribution in [-0.2, 0) is 9.84 Å². The van der Waals surface area contributed by atoms with Gasteiger partial charge >= 0.3 is 0 Å². The number of nitrogens with one attached hydrogen (secondary N) is 1. The highest BCUT2D eigenvalue weighted by Crippen LogP contribution is 2.40. The van der Waals surface area contributed by atoms with Crippen LogP contribution in [0.1, 0.15) is 6.42 Å². The number of benzene rings is 1. The minimum Gasteiger partial charge on any atom is -0.493 e. The number of aromatic nitrogens is 1. The number of H-pyrrole nitrogens is 1. The van der Waals surface area contributed by atoms with Crippen LogP contribution in [0.2, 0.25) is 10.0 Å². The molecule has 112 valence electrons. The molecule has 0 radical (unpaired) electrons. The van der Waals surface area contributed by atoms with Gasteiger partial charge in [0.1, 0.15) is 0 Å². The van der Waals surface area contributed by atoms with Crippen LogP contribution in [0, 0.1) is 0 Å². The first-order valence-corrected chi connectivity index (χ1v) is 8.74. The minimum absolute atomic E-state index is 0.0128. The largest absolute Gasteiger partial charge is 0.493 e. The lowest BCUT2D eigenvalue weighted by Crippen LogP contribution is -2.06. The molecule has 1 aromatic heterocycles. The summed E-state index contributed by atoms with van der Waals surface area (Å²) in [6.45, 7) is 0. The number of hydrogen-bond donors (Lipinski definition) is 2. The first-order valence-electron chi connectivity index (χ1n) is 6.17. The zero-order chi connectivity index (χ0) is 15.2. The summed E-state index contributed by atoms with van der Waals surface area (Å²) < 4.78 is 22.8. The van der Waals surface area contributed by atoms with Gasteiger partial charge in [0.2, 0.25) is 5.88 Å². The standard InChI is InChI=1S/C12H11Cl2N3O3S/c13-6-3-8-10(9(14)4-6)15-12(18)11(8)17-16-7-1-2-21(19,20)5-7/h3-4,7,15,18H,1-2,5H2/t7-/m1/s1. The maximum atomic E-state index is 11.4. The summed E-state index contributed by atoms with van der Waals surface area (Å²) in [5.74, 6) is -0.0752. The lowest BCUT2D eigenvalue weighted by atomic mass is 10.2. The SMILES string of the molecule is O=S1(=O)CC[C@@H](N=Nc2c(O)[nH]c3c(Cl)cc(Cl)cc23)C1. The third-order valence-corrected chi connectivity index (χ3v) is 5.57. The molecule has 3 rings (SSSR count). The van der Waals surface area contributed by atoms with E-state index in [4.69, 9.17) is 23.2 Å². The fourth-order valence-corrected chi connectivity index (χ4v) is 4.46. The van der Waals surface area contributed by atoms with Gasteiger partial charge in [-0.2, -0.15) is 5.11 Å². The number of hydrogen-bond acceptors (Lipinski definition) is 5. The molecule has 6 nitrogen and oxygen atoms in total. The molecule has 1 aliphatic rings. The fourth-order valence-electron chi connectivity index (χ4n) is 2.30. The highest BCUT2D eigenvalue weighted by Gasteiger charge is 2.28. The third kappa shape index (κ3) is 2.86. The van der Waals surface area contributed by atoms with Crippen molar-refractivity contribution >= 4 is 49.6 Å². The molecule has 21 heavy (non-hydrogen) atoms. The normalized spacial score (nSPS) is 21.5. The fraction of sp³-hybridized carbons (Fsp3) is 0.333. The van der Waals surface area contributed by atoms with Gasteiger partial charge in [0.05, 0.1) is 28.1 Å². The van der Waals surface area contributed by atoms with Crippen molar-refractivity contribution in [3.05, 3.63) is 22.2 Å². The van der Waals surface area contributed by atoms with E-state index in [1.54, 1.807) is 12.1 Å². The molecule has 2 N–H and O–H groups in total. The van der Waals surface area contributed by atoms with E-state index in [1.165, 1.54) is 0 Å².